The highest BCUT2D eigenvalue weighted by molar-refractivity contribution is 6.32. The van der Waals surface area contributed by atoms with Gasteiger partial charge in [0.05, 0.1) is 10.6 Å². The van der Waals surface area contributed by atoms with Gasteiger partial charge in [-0.2, -0.15) is 0 Å². The Hall–Kier alpha value is -2.27. The second-order valence-electron chi connectivity index (χ2n) is 4.27. The van der Waals surface area contributed by atoms with Crippen LogP contribution in [-0.2, 0) is 0 Å². The van der Waals surface area contributed by atoms with E-state index in [0.717, 1.165) is 17.7 Å². The van der Waals surface area contributed by atoms with Crippen molar-refractivity contribution in [1.29, 1.82) is 0 Å². The van der Waals surface area contributed by atoms with Crippen molar-refractivity contribution in [3.05, 3.63) is 52.3 Å². The summed E-state index contributed by atoms with van der Waals surface area (Å²) in [6, 6.07) is 7.20. The van der Waals surface area contributed by atoms with Crippen LogP contribution in [-0.4, -0.2) is 5.91 Å². The summed E-state index contributed by atoms with van der Waals surface area (Å²) in [6.45, 7) is 1.87. The van der Waals surface area contributed by atoms with Crippen molar-refractivity contribution in [2.45, 2.75) is 6.92 Å². The van der Waals surface area contributed by atoms with Gasteiger partial charge in [0.1, 0.15) is 5.75 Å². The molecule has 0 bridgehead atoms. The van der Waals surface area contributed by atoms with E-state index in [4.69, 9.17) is 27.8 Å². The fourth-order valence-corrected chi connectivity index (χ4v) is 1.94. The molecule has 0 aliphatic rings. The van der Waals surface area contributed by atoms with Gasteiger partial charge in [-0.3, -0.25) is 4.79 Å². The van der Waals surface area contributed by atoms with Gasteiger partial charge in [0.25, 0.3) is 5.91 Å². The maximum Gasteiger partial charge on any atom is 0.250 e. The Morgan fingerprint density at radius 2 is 1.95 bits per heavy atom. The van der Waals surface area contributed by atoms with E-state index < -0.39 is 11.7 Å². The first-order valence-corrected chi connectivity index (χ1v) is 6.09. The first kappa shape index (κ1) is 14.1. The monoisotopic (exact) mass is 294 g/mol. The molecule has 0 spiro atoms. The summed E-state index contributed by atoms with van der Waals surface area (Å²) < 4.78 is 19.2. The predicted molar refractivity (Wildman–Crippen MR) is 75.6 cm³/mol. The smallest absolute Gasteiger partial charge is 0.250 e. The number of halogens is 2. The number of amides is 1. The zero-order chi connectivity index (χ0) is 14.9. The molecule has 6 heteroatoms. The molecule has 0 aromatic heterocycles. The number of nitrogen functional groups attached to an aromatic ring is 1. The first-order chi connectivity index (χ1) is 9.38. The number of nitrogens with two attached hydrogens (primary N) is 2. The van der Waals surface area contributed by atoms with Gasteiger partial charge in [0, 0.05) is 11.8 Å². The predicted octanol–water partition coefficient (Wildman–Crippen LogP) is 3.26. The quantitative estimate of drug-likeness (QED) is 0.853. The van der Waals surface area contributed by atoms with Gasteiger partial charge in [-0.1, -0.05) is 17.7 Å². The van der Waals surface area contributed by atoms with E-state index in [-0.39, 0.29) is 22.7 Å². The molecule has 2 aromatic rings. The van der Waals surface area contributed by atoms with Crippen molar-refractivity contribution in [1.82, 2.24) is 0 Å². The molecule has 0 unspecified atom stereocenters. The van der Waals surface area contributed by atoms with Crippen LogP contribution in [0, 0.1) is 12.7 Å². The molecule has 0 fully saturated rings. The number of carbonyl (C=O) groups excluding carboxylic acids is 1. The zero-order valence-corrected chi connectivity index (χ0v) is 11.4. The molecule has 2 aromatic carbocycles. The molecule has 20 heavy (non-hydrogen) atoms. The van der Waals surface area contributed by atoms with Crippen molar-refractivity contribution in [2.75, 3.05) is 5.73 Å². The number of aryl methyl sites for hydroxylation is 1. The standard InChI is InChI=1S/C14H12ClFN2O2/c1-7-2-3-12(9(15)4-7)20-13-5-8(14(18)19)11(17)6-10(13)16/h2-6H,17H2,1H3,(H2,18,19). The highest BCUT2D eigenvalue weighted by Crippen LogP contribution is 2.33. The van der Waals surface area contributed by atoms with E-state index in [1.807, 2.05) is 6.92 Å². The second-order valence-corrected chi connectivity index (χ2v) is 4.68. The summed E-state index contributed by atoms with van der Waals surface area (Å²) in [6.07, 6.45) is 0. The zero-order valence-electron chi connectivity index (χ0n) is 10.6. The first-order valence-electron chi connectivity index (χ1n) is 5.71. The summed E-state index contributed by atoms with van der Waals surface area (Å²) >= 11 is 6.00. The molecular formula is C14H12ClFN2O2. The molecule has 4 nitrogen and oxygen atoms in total. The molecule has 0 heterocycles. The molecular weight excluding hydrogens is 283 g/mol. The molecule has 0 saturated carbocycles. The van der Waals surface area contributed by atoms with Crippen molar-refractivity contribution < 1.29 is 13.9 Å². The van der Waals surface area contributed by atoms with Gasteiger partial charge in [-0.25, -0.2) is 4.39 Å². The largest absolute Gasteiger partial charge is 0.453 e. The summed E-state index contributed by atoms with van der Waals surface area (Å²) in [5.41, 5.74) is 11.6. The summed E-state index contributed by atoms with van der Waals surface area (Å²) in [5.74, 6) is -1.36. The van der Waals surface area contributed by atoms with Crippen LogP contribution in [0.2, 0.25) is 5.02 Å². The van der Waals surface area contributed by atoms with E-state index in [2.05, 4.69) is 0 Å². The van der Waals surface area contributed by atoms with Crippen LogP contribution in [0.25, 0.3) is 0 Å². The van der Waals surface area contributed by atoms with Gasteiger partial charge in [0.2, 0.25) is 0 Å². The summed E-state index contributed by atoms with van der Waals surface area (Å²) in [7, 11) is 0. The van der Waals surface area contributed by atoms with Gasteiger partial charge >= 0.3 is 0 Å². The molecule has 0 atom stereocenters. The Bertz CT molecular complexity index is 689. The average Bonchev–Trinajstić information content (AvgIpc) is 2.35. The van der Waals surface area contributed by atoms with Gasteiger partial charge < -0.3 is 16.2 Å². The van der Waals surface area contributed by atoms with Crippen molar-refractivity contribution in [3.8, 4) is 11.5 Å². The highest BCUT2D eigenvalue weighted by atomic mass is 35.5. The average molecular weight is 295 g/mol. The molecule has 104 valence electrons. The number of hydrogen-bond donors (Lipinski definition) is 2. The number of carbonyl (C=O) groups is 1. The summed E-state index contributed by atoms with van der Waals surface area (Å²) in [5, 5.41) is 0.335. The molecule has 1 amide bonds. The van der Waals surface area contributed by atoms with E-state index in [1.54, 1.807) is 18.2 Å². The van der Waals surface area contributed by atoms with Crippen LogP contribution in [0.15, 0.2) is 30.3 Å². The number of hydrogen-bond acceptors (Lipinski definition) is 3. The van der Waals surface area contributed by atoms with Gasteiger partial charge in [-0.05, 0) is 30.7 Å². The van der Waals surface area contributed by atoms with Crippen molar-refractivity contribution in [3.63, 3.8) is 0 Å². The van der Waals surface area contributed by atoms with E-state index in [0.29, 0.717) is 5.02 Å². The van der Waals surface area contributed by atoms with E-state index in [1.165, 1.54) is 0 Å². The Labute approximate surface area is 120 Å². The van der Waals surface area contributed by atoms with E-state index in [9.17, 15) is 9.18 Å². The lowest BCUT2D eigenvalue weighted by Crippen LogP contribution is -2.14. The van der Waals surface area contributed by atoms with Gasteiger partial charge in [-0.15, -0.1) is 0 Å². The van der Waals surface area contributed by atoms with Crippen LogP contribution in [0.4, 0.5) is 10.1 Å². The van der Waals surface area contributed by atoms with Crippen LogP contribution in [0.1, 0.15) is 15.9 Å². The summed E-state index contributed by atoms with van der Waals surface area (Å²) in [4.78, 5) is 11.2. The van der Waals surface area contributed by atoms with Crippen LogP contribution in [0.3, 0.4) is 0 Å². The number of primary amides is 1. The van der Waals surface area contributed by atoms with E-state index >= 15 is 0 Å². The third-order valence-corrected chi connectivity index (χ3v) is 2.97. The second kappa shape index (κ2) is 5.38. The molecule has 0 aliphatic heterocycles. The minimum absolute atomic E-state index is 0.00960. The third kappa shape index (κ3) is 2.83. The van der Waals surface area contributed by atoms with Crippen molar-refractivity contribution >= 4 is 23.2 Å². The normalized spacial score (nSPS) is 10.3. The molecule has 0 radical (unpaired) electrons. The highest BCUT2D eigenvalue weighted by Gasteiger charge is 2.14. The Balaban J connectivity index is 2.43. The molecule has 2 rings (SSSR count). The minimum Gasteiger partial charge on any atom is -0.453 e. The molecule has 4 N–H and O–H groups in total. The Morgan fingerprint density at radius 1 is 1.25 bits per heavy atom. The maximum absolute atomic E-state index is 13.8. The lowest BCUT2D eigenvalue weighted by Gasteiger charge is -2.11. The number of benzene rings is 2. The third-order valence-electron chi connectivity index (χ3n) is 2.68. The fraction of sp³-hybridized carbons (Fsp3) is 0.0714. The van der Waals surface area contributed by atoms with Gasteiger partial charge in [0.15, 0.2) is 11.6 Å². The van der Waals surface area contributed by atoms with Crippen LogP contribution >= 0.6 is 11.6 Å². The van der Waals surface area contributed by atoms with Crippen LogP contribution < -0.4 is 16.2 Å². The molecule has 0 saturated heterocycles. The number of rotatable bonds is 3. The lowest BCUT2D eigenvalue weighted by atomic mass is 10.1. The topological polar surface area (TPSA) is 78.3 Å². The Kier molecular flexibility index (Phi) is 3.81. The van der Waals surface area contributed by atoms with Crippen LogP contribution in [0.5, 0.6) is 11.5 Å². The minimum atomic E-state index is -0.762. The lowest BCUT2D eigenvalue weighted by molar-refractivity contribution is 0.100. The number of anilines is 1. The number of ether oxygens (including phenoxy) is 1. The fourth-order valence-electron chi connectivity index (χ4n) is 1.67. The molecule has 0 aliphatic carbocycles. The maximum atomic E-state index is 13.8. The Morgan fingerprint density at radius 3 is 2.55 bits per heavy atom. The SMILES string of the molecule is Cc1ccc(Oc2cc(C(N)=O)c(N)cc2F)c(Cl)c1. The van der Waals surface area contributed by atoms with Crippen molar-refractivity contribution in [2.24, 2.45) is 5.73 Å².